The van der Waals surface area contributed by atoms with Crippen LogP contribution in [0, 0.1) is 0 Å². The number of methoxy groups -OCH3 is 1. The average Bonchev–Trinajstić information content (AvgIpc) is 2.41. The van der Waals surface area contributed by atoms with Gasteiger partial charge in [0.1, 0.15) is 0 Å². The van der Waals surface area contributed by atoms with Crippen LogP contribution < -0.4 is 11.1 Å². The lowest BCUT2D eigenvalue weighted by Crippen LogP contribution is -2.26. The number of guanidine groups is 1. The van der Waals surface area contributed by atoms with Crippen molar-refractivity contribution in [3.63, 3.8) is 0 Å². The number of rotatable bonds is 7. The molecule has 5 nitrogen and oxygen atoms in total. The highest BCUT2D eigenvalue weighted by molar-refractivity contribution is 14.0. The molecule has 0 aliphatic heterocycles. The standard InChI is InChI=1S/C14H24N4O.HI/c1-4-18(2)10-9-16-14(15)17-13-8-6-5-7-12(13)11-19-3;/h5-8H,4,9-11H2,1-3H3,(H3,15,16,17);1H. The molecule has 1 aromatic carbocycles. The van der Waals surface area contributed by atoms with E-state index in [-0.39, 0.29) is 24.0 Å². The molecule has 20 heavy (non-hydrogen) atoms. The zero-order valence-corrected chi connectivity index (χ0v) is 14.8. The van der Waals surface area contributed by atoms with Crippen LogP contribution in [0.15, 0.2) is 29.3 Å². The highest BCUT2D eigenvalue weighted by atomic mass is 127. The molecule has 0 saturated heterocycles. The fourth-order valence-electron chi connectivity index (χ4n) is 1.60. The van der Waals surface area contributed by atoms with E-state index >= 15 is 0 Å². The molecule has 1 rings (SSSR count). The van der Waals surface area contributed by atoms with Crippen molar-refractivity contribution < 1.29 is 4.74 Å². The fraction of sp³-hybridized carbons (Fsp3) is 0.500. The molecule has 0 aliphatic carbocycles. The molecule has 0 heterocycles. The van der Waals surface area contributed by atoms with Gasteiger partial charge in [0.2, 0.25) is 0 Å². The molecular formula is C14H25IN4O. The van der Waals surface area contributed by atoms with Crippen LogP contribution >= 0.6 is 24.0 Å². The highest BCUT2D eigenvalue weighted by Crippen LogP contribution is 2.15. The zero-order valence-electron chi connectivity index (χ0n) is 12.4. The highest BCUT2D eigenvalue weighted by Gasteiger charge is 2.02. The van der Waals surface area contributed by atoms with E-state index in [0.29, 0.717) is 19.1 Å². The molecule has 0 amide bonds. The van der Waals surface area contributed by atoms with Gasteiger partial charge in [0.25, 0.3) is 0 Å². The molecular weight excluding hydrogens is 367 g/mol. The Hall–Kier alpha value is -0.860. The molecule has 0 radical (unpaired) electrons. The molecule has 6 heteroatoms. The van der Waals surface area contributed by atoms with E-state index in [9.17, 15) is 0 Å². The Balaban J connectivity index is 0.00000361. The van der Waals surface area contributed by atoms with Gasteiger partial charge in [0, 0.05) is 24.9 Å². The Bertz CT molecular complexity index is 412. The number of hydrogen-bond acceptors (Lipinski definition) is 3. The largest absolute Gasteiger partial charge is 0.380 e. The van der Waals surface area contributed by atoms with E-state index in [1.54, 1.807) is 7.11 Å². The quantitative estimate of drug-likeness (QED) is 0.424. The smallest absolute Gasteiger partial charge is 0.193 e. The summed E-state index contributed by atoms with van der Waals surface area (Å²) in [6.45, 7) is 5.27. The van der Waals surface area contributed by atoms with Gasteiger partial charge in [-0.2, -0.15) is 0 Å². The van der Waals surface area contributed by atoms with Crippen molar-refractivity contribution in [1.29, 1.82) is 0 Å². The summed E-state index contributed by atoms with van der Waals surface area (Å²) in [6.07, 6.45) is 0. The summed E-state index contributed by atoms with van der Waals surface area (Å²) >= 11 is 0. The number of likely N-dealkylation sites (N-methyl/N-ethyl adjacent to an activating group) is 1. The number of nitrogens with one attached hydrogen (secondary N) is 1. The second-order valence-corrected chi connectivity index (χ2v) is 4.38. The van der Waals surface area contributed by atoms with Gasteiger partial charge in [-0.25, -0.2) is 0 Å². The van der Waals surface area contributed by atoms with Crippen LogP contribution in [0.2, 0.25) is 0 Å². The summed E-state index contributed by atoms with van der Waals surface area (Å²) in [7, 11) is 3.74. The van der Waals surface area contributed by atoms with Crippen molar-refractivity contribution >= 4 is 35.6 Å². The molecule has 0 spiro atoms. The number of para-hydroxylation sites is 1. The van der Waals surface area contributed by atoms with Crippen molar-refractivity contribution in [2.24, 2.45) is 10.7 Å². The third-order valence-corrected chi connectivity index (χ3v) is 2.88. The monoisotopic (exact) mass is 392 g/mol. The predicted octanol–water partition coefficient (Wildman–Crippen LogP) is 2.13. The summed E-state index contributed by atoms with van der Waals surface area (Å²) < 4.78 is 5.15. The molecule has 0 saturated carbocycles. The van der Waals surface area contributed by atoms with Crippen LogP contribution in [-0.4, -0.2) is 44.7 Å². The van der Waals surface area contributed by atoms with E-state index in [1.807, 2.05) is 24.3 Å². The first-order valence-corrected chi connectivity index (χ1v) is 6.49. The first-order chi connectivity index (χ1) is 9.17. The van der Waals surface area contributed by atoms with E-state index in [1.165, 1.54) is 0 Å². The summed E-state index contributed by atoms with van der Waals surface area (Å²) in [6, 6.07) is 7.90. The molecule has 3 N–H and O–H groups in total. The fourth-order valence-corrected chi connectivity index (χ4v) is 1.60. The van der Waals surface area contributed by atoms with Gasteiger partial charge in [-0.1, -0.05) is 25.1 Å². The first-order valence-electron chi connectivity index (χ1n) is 6.49. The maximum absolute atomic E-state index is 5.88. The third kappa shape index (κ3) is 7.06. The topological polar surface area (TPSA) is 62.9 Å². The Labute approximate surface area is 138 Å². The molecule has 0 atom stereocenters. The minimum atomic E-state index is 0. The van der Waals surface area contributed by atoms with Crippen molar-refractivity contribution in [2.45, 2.75) is 13.5 Å². The lowest BCUT2D eigenvalue weighted by Gasteiger charge is -2.13. The predicted molar refractivity (Wildman–Crippen MR) is 95.9 cm³/mol. The number of halogens is 1. The minimum Gasteiger partial charge on any atom is -0.380 e. The second kappa shape index (κ2) is 10.9. The molecule has 0 unspecified atom stereocenters. The van der Waals surface area contributed by atoms with Crippen LogP contribution in [0.25, 0.3) is 0 Å². The van der Waals surface area contributed by atoms with E-state index in [4.69, 9.17) is 10.5 Å². The van der Waals surface area contributed by atoms with Crippen LogP contribution in [0.1, 0.15) is 12.5 Å². The second-order valence-electron chi connectivity index (χ2n) is 4.38. The lowest BCUT2D eigenvalue weighted by atomic mass is 10.2. The normalized spacial score (nSPS) is 11.3. The van der Waals surface area contributed by atoms with Gasteiger partial charge in [-0.3, -0.25) is 4.99 Å². The molecule has 0 aromatic heterocycles. The van der Waals surface area contributed by atoms with Gasteiger partial charge in [-0.05, 0) is 19.7 Å². The van der Waals surface area contributed by atoms with Gasteiger partial charge >= 0.3 is 0 Å². The van der Waals surface area contributed by atoms with Gasteiger partial charge in [-0.15, -0.1) is 24.0 Å². The van der Waals surface area contributed by atoms with Crippen molar-refractivity contribution in [1.82, 2.24) is 4.90 Å². The SMILES string of the molecule is CCN(C)CCN=C(N)Nc1ccccc1COC.I. The Kier molecular flexibility index (Phi) is 10.4. The number of anilines is 1. The Morgan fingerprint density at radius 2 is 2.10 bits per heavy atom. The van der Waals surface area contributed by atoms with E-state index in [0.717, 1.165) is 24.3 Å². The van der Waals surface area contributed by atoms with Crippen molar-refractivity contribution in [3.05, 3.63) is 29.8 Å². The first kappa shape index (κ1) is 19.1. The molecule has 0 fully saturated rings. The number of ether oxygens (including phenoxy) is 1. The minimum absolute atomic E-state index is 0. The van der Waals surface area contributed by atoms with Gasteiger partial charge in [0.15, 0.2) is 5.96 Å². The third-order valence-electron chi connectivity index (χ3n) is 2.88. The van der Waals surface area contributed by atoms with Crippen molar-refractivity contribution in [3.8, 4) is 0 Å². The van der Waals surface area contributed by atoms with Gasteiger partial charge in [0.05, 0.1) is 13.2 Å². The van der Waals surface area contributed by atoms with E-state index in [2.05, 4.69) is 29.2 Å². The molecule has 0 aliphatic rings. The summed E-state index contributed by atoms with van der Waals surface area (Å²) in [4.78, 5) is 6.50. The number of nitrogens with two attached hydrogens (primary N) is 1. The van der Waals surface area contributed by atoms with Gasteiger partial charge < -0.3 is 20.7 Å². The number of aliphatic imine (C=N–C) groups is 1. The maximum Gasteiger partial charge on any atom is 0.193 e. The van der Waals surface area contributed by atoms with Crippen LogP contribution in [0.3, 0.4) is 0 Å². The molecule has 0 bridgehead atoms. The number of hydrogen-bond donors (Lipinski definition) is 2. The maximum atomic E-state index is 5.88. The zero-order chi connectivity index (χ0) is 14.1. The summed E-state index contributed by atoms with van der Waals surface area (Å²) in [5.74, 6) is 0.438. The lowest BCUT2D eigenvalue weighted by molar-refractivity contribution is 0.185. The Morgan fingerprint density at radius 1 is 1.40 bits per heavy atom. The summed E-state index contributed by atoms with van der Waals surface area (Å²) in [5.41, 5.74) is 7.88. The molecule has 1 aromatic rings. The Morgan fingerprint density at radius 3 is 2.75 bits per heavy atom. The average molecular weight is 392 g/mol. The van der Waals surface area contributed by atoms with Crippen molar-refractivity contribution in [2.75, 3.05) is 39.1 Å². The summed E-state index contributed by atoms with van der Waals surface area (Å²) in [5, 5.41) is 3.12. The number of benzene rings is 1. The van der Waals surface area contributed by atoms with Crippen LogP contribution in [0.4, 0.5) is 5.69 Å². The number of nitrogens with zero attached hydrogens (tertiary/aromatic N) is 2. The van der Waals surface area contributed by atoms with Crippen LogP contribution in [0.5, 0.6) is 0 Å². The van der Waals surface area contributed by atoms with Crippen LogP contribution in [-0.2, 0) is 11.3 Å². The molecule has 114 valence electrons. The van der Waals surface area contributed by atoms with E-state index < -0.39 is 0 Å².